The van der Waals surface area contributed by atoms with Crippen LogP contribution in [-0.4, -0.2) is 55.0 Å². The molecule has 1 atom stereocenters. The van der Waals surface area contributed by atoms with E-state index in [9.17, 15) is 18.0 Å². The number of fused-ring (bicyclic) bond motifs is 1. The van der Waals surface area contributed by atoms with Crippen LogP contribution in [-0.2, 0) is 19.6 Å². The number of hydrogen-bond donors (Lipinski definition) is 2. The molecule has 2 aromatic carbocycles. The van der Waals surface area contributed by atoms with Gasteiger partial charge in [0.2, 0.25) is 10.0 Å². The van der Waals surface area contributed by atoms with Crippen molar-refractivity contribution in [3.8, 4) is 0 Å². The number of sulfonamides is 1. The standard InChI is InChI=1S/C20H22N4O5S/c1-12-9-10-14(30(27,28)24(3)4)11-17(12)21-19(25)13(2)29-20(26)18-15-7-5-6-8-16(15)22-23-18/h5-11,13H,1-4H3,(H,21,25)(H,22,23)/t13-/m1/s1. The van der Waals surface area contributed by atoms with Crippen molar-refractivity contribution in [3.63, 3.8) is 0 Å². The highest BCUT2D eigenvalue weighted by Gasteiger charge is 2.24. The molecule has 0 saturated carbocycles. The van der Waals surface area contributed by atoms with Gasteiger partial charge in [-0.05, 0) is 37.6 Å². The number of carbonyl (C=O) groups excluding carboxylic acids is 2. The number of H-pyrrole nitrogens is 1. The summed E-state index contributed by atoms with van der Waals surface area (Å²) in [4.78, 5) is 25.0. The van der Waals surface area contributed by atoms with Crippen molar-refractivity contribution < 1.29 is 22.7 Å². The first kappa shape index (κ1) is 21.5. The number of para-hydroxylation sites is 1. The molecule has 30 heavy (non-hydrogen) atoms. The van der Waals surface area contributed by atoms with Crippen molar-refractivity contribution >= 4 is 38.5 Å². The van der Waals surface area contributed by atoms with Crippen LogP contribution in [0, 0.1) is 6.92 Å². The molecule has 158 valence electrons. The summed E-state index contributed by atoms with van der Waals surface area (Å²) in [5, 5.41) is 9.91. The van der Waals surface area contributed by atoms with Gasteiger partial charge < -0.3 is 10.1 Å². The number of amides is 1. The Hall–Kier alpha value is -3.24. The molecule has 3 rings (SSSR count). The average Bonchev–Trinajstić information content (AvgIpc) is 3.13. The van der Waals surface area contributed by atoms with Crippen LogP contribution >= 0.6 is 0 Å². The van der Waals surface area contributed by atoms with E-state index in [0.717, 1.165) is 4.31 Å². The Morgan fingerprint density at radius 2 is 1.87 bits per heavy atom. The van der Waals surface area contributed by atoms with Gasteiger partial charge in [-0.15, -0.1) is 0 Å². The minimum absolute atomic E-state index is 0.0426. The van der Waals surface area contributed by atoms with Crippen molar-refractivity contribution in [2.24, 2.45) is 0 Å². The third-order valence-electron chi connectivity index (χ3n) is 4.56. The molecule has 1 aromatic heterocycles. The van der Waals surface area contributed by atoms with E-state index in [0.29, 0.717) is 22.2 Å². The molecule has 0 fully saturated rings. The number of hydrogen-bond acceptors (Lipinski definition) is 6. The number of ether oxygens (including phenoxy) is 1. The molecule has 0 aliphatic carbocycles. The van der Waals surface area contributed by atoms with Gasteiger partial charge in [0.15, 0.2) is 11.8 Å². The molecule has 1 heterocycles. The van der Waals surface area contributed by atoms with E-state index in [2.05, 4.69) is 15.5 Å². The second kappa shape index (κ2) is 8.25. The highest BCUT2D eigenvalue weighted by molar-refractivity contribution is 7.89. The van der Waals surface area contributed by atoms with Crippen molar-refractivity contribution in [1.29, 1.82) is 0 Å². The van der Waals surface area contributed by atoms with Gasteiger partial charge >= 0.3 is 5.97 Å². The molecule has 10 heteroatoms. The fourth-order valence-corrected chi connectivity index (χ4v) is 3.66. The van der Waals surface area contributed by atoms with E-state index >= 15 is 0 Å². The molecular formula is C20H22N4O5S. The smallest absolute Gasteiger partial charge is 0.360 e. The Labute approximate surface area is 174 Å². The molecule has 0 aliphatic heterocycles. The quantitative estimate of drug-likeness (QED) is 0.579. The predicted molar refractivity (Wildman–Crippen MR) is 112 cm³/mol. The molecule has 0 saturated heterocycles. The fourth-order valence-electron chi connectivity index (χ4n) is 2.73. The summed E-state index contributed by atoms with van der Waals surface area (Å²) in [6.45, 7) is 3.16. The lowest BCUT2D eigenvalue weighted by molar-refractivity contribution is -0.123. The van der Waals surface area contributed by atoms with E-state index < -0.39 is 28.0 Å². The zero-order chi connectivity index (χ0) is 22.1. The number of aryl methyl sites for hydroxylation is 1. The van der Waals surface area contributed by atoms with E-state index in [4.69, 9.17) is 4.74 Å². The summed E-state index contributed by atoms with van der Waals surface area (Å²) in [7, 11) is -0.808. The maximum absolute atomic E-state index is 12.6. The maximum atomic E-state index is 12.6. The molecule has 0 aliphatic rings. The Kier molecular flexibility index (Phi) is 5.90. The number of esters is 1. The molecule has 0 radical (unpaired) electrons. The lowest BCUT2D eigenvalue weighted by Crippen LogP contribution is -2.30. The van der Waals surface area contributed by atoms with Gasteiger partial charge in [-0.2, -0.15) is 5.10 Å². The number of carbonyl (C=O) groups is 2. The van der Waals surface area contributed by atoms with E-state index in [1.54, 1.807) is 37.3 Å². The van der Waals surface area contributed by atoms with Crippen molar-refractivity contribution in [2.75, 3.05) is 19.4 Å². The van der Waals surface area contributed by atoms with Crippen LogP contribution in [0.5, 0.6) is 0 Å². The van der Waals surface area contributed by atoms with Gasteiger partial charge in [0, 0.05) is 25.2 Å². The maximum Gasteiger partial charge on any atom is 0.360 e. The third-order valence-corrected chi connectivity index (χ3v) is 6.37. The molecule has 3 aromatic rings. The molecular weight excluding hydrogens is 408 g/mol. The number of benzene rings is 2. The third kappa shape index (κ3) is 4.19. The fraction of sp³-hybridized carbons (Fsp3) is 0.250. The molecule has 0 spiro atoms. The molecule has 0 bridgehead atoms. The summed E-state index contributed by atoms with van der Waals surface area (Å²) < 4.78 is 31.0. The Balaban J connectivity index is 1.75. The molecule has 1 amide bonds. The van der Waals surface area contributed by atoms with Crippen LogP contribution in [0.3, 0.4) is 0 Å². The summed E-state index contributed by atoms with van der Waals surface area (Å²) in [6.07, 6.45) is -1.12. The number of anilines is 1. The van der Waals surface area contributed by atoms with Crippen LogP contribution in [0.15, 0.2) is 47.4 Å². The molecule has 9 nitrogen and oxygen atoms in total. The largest absolute Gasteiger partial charge is 0.448 e. The van der Waals surface area contributed by atoms with Gasteiger partial charge in [0.25, 0.3) is 5.91 Å². The summed E-state index contributed by atoms with van der Waals surface area (Å²) >= 11 is 0. The van der Waals surface area contributed by atoms with Crippen LogP contribution in [0.1, 0.15) is 23.0 Å². The van der Waals surface area contributed by atoms with Gasteiger partial charge in [-0.3, -0.25) is 9.89 Å². The first-order valence-corrected chi connectivity index (χ1v) is 10.5. The van der Waals surface area contributed by atoms with Crippen molar-refractivity contribution in [1.82, 2.24) is 14.5 Å². The van der Waals surface area contributed by atoms with Gasteiger partial charge in [0.1, 0.15) is 0 Å². The first-order valence-electron chi connectivity index (χ1n) is 9.09. The molecule has 0 unspecified atom stereocenters. The van der Waals surface area contributed by atoms with Crippen LogP contribution < -0.4 is 5.32 Å². The van der Waals surface area contributed by atoms with Crippen LogP contribution in [0.2, 0.25) is 0 Å². The first-order chi connectivity index (χ1) is 14.1. The SMILES string of the molecule is Cc1ccc(S(=O)(=O)N(C)C)cc1NC(=O)[C@@H](C)OC(=O)c1n[nH]c2ccccc12. The van der Waals surface area contributed by atoms with E-state index in [1.807, 2.05) is 0 Å². The minimum Gasteiger partial charge on any atom is -0.448 e. The summed E-state index contributed by atoms with van der Waals surface area (Å²) in [5.41, 5.74) is 1.74. The minimum atomic E-state index is -3.66. The Morgan fingerprint density at radius 3 is 2.57 bits per heavy atom. The number of aromatic nitrogens is 2. The lowest BCUT2D eigenvalue weighted by atomic mass is 10.2. The number of nitrogens with zero attached hydrogens (tertiary/aromatic N) is 2. The summed E-state index contributed by atoms with van der Waals surface area (Å²) in [5.74, 6) is -1.33. The van der Waals surface area contributed by atoms with Gasteiger partial charge in [-0.1, -0.05) is 24.3 Å². The highest BCUT2D eigenvalue weighted by atomic mass is 32.2. The monoisotopic (exact) mass is 430 g/mol. The second-order valence-electron chi connectivity index (χ2n) is 6.92. The zero-order valence-electron chi connectivity index (χ0n) is 17.0. The average molecular weight is 430 g/mol. The van der Waals surface area contributed by atoms with Crippen molar-refractivity contribution in [3.05, 3.63) is 53.7 Å². The number of rotatable bonds is 6. The number of aromatic amines is 1. The normalized spacial score (nSPS) is 12.7. The highest BCUT2D eigenvalue weighted by Crippen LogP contribution is 2.22. The molecule has 2 N–H and O–H groups in total. The van der Waals surface area contributed by atoms with Crippen LogP contribution in [0.4, 0.5) is 5.69 Å². The van der Waals surface area contributed by atoms with Gasteiger partial charge in [-0.25, -0.2) is 17.5 Å². The lowest BCUT2D eigenvalue weighted by Gasteiger charge is -2.16. The number of nitrogens with one attached hydrogen (secondary N) is 2. The van der Waals surface area contributed by atoms with Gasteiger partial charge in [0.05, 0.1) is 10.4 Å². The van der Waals surface area contributed by atoms with E-state index in [1.165, 1.54) is 33.2 Å². The zero-order valence-corrected chi connectivity index (χ0v) is 17.8. The predicted octanol–water partition coefficient (Wildman–Crippen LogP) is 2.31. The Bertz CT molecular complexity index is 1220. The summed E-state index contributed by atoms with van der Waals surface area (Å²) in [6, 6.07) is 11.5. The van der Waals surface area contributed by atoms with E-state index in [-0.39, 0.29) is 10.6 Å². The Morgan fingerprint density at radius 1 is 1.17 bits per heavy atom. The second-order valence-corrected chi connectivity index (χ2v) is 9.07. The van der Waals surface area contributed by atoms with Crippen molar-refractivity contribution in [2.45, 2.75) is 24.8 Å². The van der Waals surface area contributed by atoms with Crippen LogP contribution in [0.25, 0.3) is 10.9 Å². The topological polar surface area (TPSA) is 121 Å².